The largest absolute Gasteiger partial charge is 0.462 e. The molecule has 1 heterocycles. The summed E-state index contributed by atoms with van der Waals surface area (Å²) in [5.41, 5.74) is 0.857. The molecule has 27 heavy (non-hydrogen) atoms. The third-order valence-electron chi connectivity index (χ3n) is 3.66. The highest BCUT2D eigenvalue weighted by Crippen LogP contribution is 2.16. The minimum absolute atomic E-state index is 0.159. The van der Waals surface area contributed by atoms with Crippen molar-refractivity contribution in [3.63, 3.8) is 0 Å². The average Bonchev–Trinajstić information content (AvgIpc) is 3.05. The normalized spacial score (nSPS) is 13.4. The van der Waals surface area contributed by atoms with Crippen LogP contribution < -0.4 is 5.32 Å². The molecule has 0 saturated carbocycles. The molecule has 1 aliphatic heterocycles. The molecule has 0 unspecified atom stereocenters. The Morgan fingerprint density at radius 1 is 1.19 bits per heavy atom. The molecule has 0 aromatic heterocycles. The van der Waals surface area contributed by atoms with Gasteiger partial charge >= 0.3 is 11.9 Å². The molecule has 146 valence electrons. The van der Waals surface area contributed by atoms with Gasteiger partial charge in [-0.1, -0.05) is 25.1 Å². The number of unbranched alkanes of at least 4 members (excludes halogenated alkanes) is 1. The van der Waals surface area contributed by atoms with Crippen LogP contribution in [0.15, 0.2) is 24.3 Å². The zero-order valence-electron chi connectivity index (χ0n) is 15.1. The summed E-state index contributed by atoms with van der Waals surface area (Å²) in [4.78, 5) is 48.1. The maximum atomic E-state index is 11.8. The van der Waals surface area contributed by atoms with E-state index >= 15 is 0 Å². The standard InChI is InChI=1S/C18H22N2O6S/c1-2-3-9-25-17(23)13-4-6-14(7-5-13)19-15(21)12-26-16(22)11-20-8-10-27-18(20)24/h4-7H,2-3,8-12H2,1H3,(H,19,21). The van der Waals surface area contributed by atoms with Gasteiger partial charge in [-0.05, 0) is 30.7 Å². The van der Waals surface area contributed by atoms with Crippen molar-refractivity contribution in [2.24, 2.45) is 0 Å². The SMILES string of the molecule is CCCCOC(=O)c1ccc(NC(=O)COC(=O)CN2CCSC2=O)cc1. The van der Waals surface area contributed by atoms with E-state index in [-0.39, 0.29) is 11.8 Å². The second kappa shape index (κ2) is 10.6. The molecule has 9 heteroatoms. The van der Waals surface area contributed by atoms with E-state index in [0.717, 1.165) is 24.6 Å². The Morgan fingerprint density at radius 3 is 2.56 bits per heavy atom. The predicted molar refractivity (Wildman–Crippen MR) is 101 cm³/mol. The van der Waals surface area contributed by atoms with E-state index < -0.39 is 24.5 Å². The maximum Gasteiger partial charge on any atom is 0.338 e. The number of nitrogens with zero attached hydrogens (tertiary/aromatic N) is 1. The number of carbonyl (C=O) groups is 4. The van der Waals surface area contributed by atoms with E-state index in [1.807, 2.05) is 6.92 Å². The summed E-state index contributed by atoms with van der Waals surface area (Å²) in [6, 6.07) is 6.23. The molecular weight excluding hydrogens is 372 g/mol. The molecule has 1 aromatic rings. The van der Waals surface area contributed by atoms with Gasteiger partial charge in [-0.25, -0.2) is 4.79 Å². The first-order valence-corrected chi connectivity index (χ1v) is 9.62. The van der Waals surface area contributed by atoms with Crippen molar-refractivity contribution in [1.29, 1.82) is 0 Å². The number of anilines is 1. The number of esters is 2. The predicted octanol–water partition coefficient (Wildman–Crippen LogP) is 2.29. The molecule has 0 spiro atoms. The highest BCUT2D eigenvalue weighted by Gasteiger charge is 2.24. The molecule has 2 amide bonds. The molecule has 2 rings (SSSR count). The van der Waals surface area contributed by atoms with E-state index in [2.05, 4.69) is 5.32 Å². The number of benzene rings is 1. The Hall–Kier alpha value is -2.55. The molecule has 0 bridgehead atoms. The lowest BCUT2D eigenvalue weighted by molar-refractivity contribution is -0.147. The van der Waals surface area contributed by atoms with Gasteiger partial charge in [-0.2, -0.15) is 0 Å². The van der Waals surface area contributed by atoms with Crippen molar-refractivity contribution in [2.75, 3.05) is 37.4 Å². The first-order valence-electron chi connectivity index (χ1n) is 8.64. The van der Waals surface area contributed by atoms with Crippen molar-refractivity contribution in [1.82, 2.24) is 4.90 Å². The summed E-state index contributed by atoms with van der Waals surface area (Å²) < 4.78 is 9.98. The minimum Gasteiger partial charge on any atom is -0.462 e. The monoisotopic (exact) mass is 394 g/mol. The molecule has 1 N–H and O–H groups in total. The first kappa shape index (κ1) is 20.8. The van der Waals surface area contributed by atoms with Gasteiger partial charge < -0.3 is 19.7 Å². The van der Waals surface area contributed by atoms with Gasteiger partial charge in [0.25, 0.3) is 11.1 Å². The van der Waals surface area contributed by atoms with E-state index in [0.29, 0.717) is 30.2 Å². The van der Waals surface area contributed by atoms with Crippen LogP contribution in [-0.2, 0) is 19.1 Å². The number of amides is 2. The van der Waals surface area contributed by atoms with Crippen LogP contribution in [0.1, 0.15) is 30.1 Å². The fourth-order valence-electron chi connectivity index (χ4n) is 2.20. The number of hydrogen-bond donors (Lipinski definition) is 1. The van der Waals surface area contributed by atoms with Crippen LogP contribution >= 0.6 is 11.8 Å². The van der Waals surface area contributed by atoms with Crippen molar-refractivity contribution < 1.29 is 28.7 Å². The maximum absolute atomic E-state index is 11.8. The van der Waals surface area contributed by atoms with E-state index in [4.69, 9.17) is 9.47 Å². The molecule has 1 aliphatic rings. The zero-order valence-corrected chi connectivity index (χ0v) is 15.9. The second-order valence-corrected chi connectivity index (χ2v) is 6.86. The van der Waals surface area contributed by atoms with Crippen LogP contribution in [0, 0.1) is 0 Å². The molecule has 0 radical (unpaired) electrons. The summed E-state index contributed by atoms with van der Waals surface area (Å²) in [6.45, 7) is 2.27. The number of ether oxygens (including phenoxy) is 2. The third kappa shape index (κ3) is 6.93. The van der Waals surface area contributed by atoms with Gasteiger partial charge in [0.2, 0.25) is 0 Å². The number of carbonyl (C=O) groups excluding carboxylic acids is 4. The molecular formula is C18H22N2O6S. The molecule has 1 aromatic carbocycles. The zero-order chi connectivity index (χ0) is 19.6. The van der Waals surface area contributed by atoms with Crippen LogP contribution in [0.25, 0.3) is 0 Å². The smallest absolute Gasteiger partial charge is 0.338 e. The van der Waals surface area contributed by atoms with Crippen molar-refractivity contribution in [3.8, 4) is 0 Å². The van der Waals surface area contributed by atoms with Gasteiger partial charge in [0.05, 0.1) is 12.2 Å². The Kier molecular flexibility index (Phi) is 8.12. The molecule has 1 saturated heterocycles. The van der Waals surface area contributed by atoms with Crippen molar-refractivity contribution >= 4 is 40.5 Å². The summed E-state index contributed by atoms with van der Waals surface area (Å²) in [5, 5.41) is 2.40. The minimum atomic E-state index is -0.633. The van der Waals surface area contributed by atoms with Gasteiger partial charge in [0, 0.05) is 18.0 Å². The summed E-state index contributed by atoms with van der Waals surface area (Å²) in [7, 11) is 0. The quantitative estimate of drug-likeness (QED) is 0.506. The Labute approximate surface area is 161 Å². The number of nitrogens with one attached hydrogen (secondary N) is 1. The lowest BCUT2D eigenvalue weighted by atomic mass is 10.2. The molecule has 1 fully saturated rings. The van der Waals surface area contributed by atoms with Crippen molar-refractivity contribution in [2.45, 2.75) is 19.8 Å². The highest BCUT2D eigenvalue weighted by atomic mass is 32.2. The van der Waals surface area contributed by atoms with Crippen LogP contribution in [-0.4, -0.2) is 60.0 Å². The average molecular weight is 394 g/mol. The molecule has 8 nitrogen and oxygen atoms in total. The van der Waals surface area contributed by atoms with E-state index in [1.54, 1.807) is 24.3 Å². The topological polar surface area (TPSA) is 102 Å². The lowest BCUT2D eigenvalue weighted by Gasteiger charge is -2.13. The van der Waals surface area contributed by atoms with E-state index in [1.165, 1.54) is 4.90 Å². The Balaban J connectivity index is 1.72. The van der Waals surface area contributed by atoms with E-state index in [9.17, 15) is 19.2 Å². The molecule has 0 aliphatic carbocycles. The van der Waals surface area contributed by atoms with Crippen LogP contribution in [0.4, 0.5) is 10.5 Å². The lowest BCUT2D eigenvalue weighted by Crippen LogP contribution is -2.32. The number of thioether (sulfide) groups is 1. The van der Waals surface area contributed by atoms with Crippen molar-refractivity contribution in [3.05, 3.63) is 29.8 Å². The van der Waals surface area contributed by atoms with Crippen LogP contribution in [0.5, 0.6) is 0 Å². The number of hydrogen-bond acceptors (Lipinski definition) is 7. The highest BCUT2D eigenvalue weighted by molar-refractivity contribution is 8.13. The Bertz CT molecular complexity index is 692. The van der Waals surface area contributed by atoms with Gasteiger partial charge in [-0.15, -0.1) is 0 Å². The van der Waals surface area contributed by atoms with Crippen LogP contribution in [0.2, 0.25) is 0 Å². The first-order chi connectivity index (χ1) is 13.0. The third-order valence-corrected chi connectivity index (χ3v) is 4.56. The summed E-state index contributed by atoms with van der Waals surface area (Å²) in [6.07, 6.45) is 1.75. The second-order valence-electron chi connectivity index (χ2n) is 5.81. The summed E-state index contributed by atoms with van der Waals surface area (Å²) >= 11 is 1.15. The van der Waals surface area contributed by atoms with Gasteiger partial charge in [-0.3, -0.25) is 14.4 Å². The van der Waals surface area contributed by atoms with Gasteiger partial charge in [0.15, 0.2) is 6.61 Å². The fourth-order valence-corrected chi connectivity index (χ4v) is 3.02. The summed E-state index contributed by atoms with van der Waals surface area (Å²) in [5.74, 6) is -0.908. The Morgan fingerprint density at radius 2 is 1.93 bits per heavy atom. The molecule has 0 atom stereocenters. The fraction of sp³-hybridized carbons (Fsp3) is 0.444. The number of rotatable bonds is 9. The van der Waals surface area contributed by atoms with Gasteiger partial charge in [0.1, 0.15) is 6.54 Å². The van der Waals surface area contributed by atoms with Crippen LogP contribution in [0.3, 0.4) is 0 Å².